The summed E-state index contributed by atoms with van der Waals surface area (Å²) in [5.74, 6) is -0.837. The second-order valence-corrected chi connectivity index (χ2v) is 4.08. The first kappa shape index (κ1) is 12.2. The molecule has 0 aromatic heterocycles. The van der Waals surface area contributed by atoms with E-state index in [-0.39, 0.29) is 17.2 Å². The Labute approximate surface area is 103 Å². The number of nitro benzene ring substituents is 1. The van der Waals surface area contributed by atoms with Crippen molar-refractivity contribution in [2.75, 3.05) is 6.54 Å². The molecular formula is C12H12N2O4. The molecule has 0 atom stereocenters. The summed E-state index contributed by atoms with van der Waals surface area (Å²) >= 11 is 0. The first-order valence-corrected chi connectivity index (χ1v) is 5.69. The third-order valence-corrected chi connectivity index (χ3v) is 2.90. The van der Waals surface area contributed by atoms with Crippen LogP contribution >= 0.6 is 0 Å². The molecule has 1 aromatic rings. The largest absolute Gasteiger partial charge is 0.282 e. The molecule has 0 saturated carbocycles. The molecule has 0 aliphatic carbocycles. The maximum atomic E-state index is 12.1. The van der Waals surface area contributed by atoms with E-state index in [4.69, 9.17) is 0 Å². The Balaban J connectivity index is 2.33. The predicted octanol–water partition coefficient (Wildman–Crippen LogP) is 1.75. The zero-order valence-electron chi connectivity index (χ0n) is 9.67. The van der Waals surface area contributed by atoms with Crippen LogP contribution in [-0.2, 0) is 4.79 Å². The second kappa shape index (κ2) is 4.95. The van der Waals surface area contributed by atoms with E-state index < -0.39 is 10.8 Å². The van der Waals surface area contributed by atoms with Crippen molar-refractivity contribution in [1.29, 1.82) is 0 Å². The fourth-order valence-corrected chi connectivity index (χ4v) is 1.98. The van der Waals surface area contributed by atoms with Gasteiger partial charge in [-0.25, -0.2) is 0 Å². The zero-order chi connectivity index (χ0) is 13.1. The van der Waals surface area contributed by atoms with Crippen molar-refractivity contribution >= 4 is 17.5 Å². The van der Waals surface area contributed by atoms with E-state index in [1.165, 1.54) is 18.2 Å². The van der Waals surface area contributed by atoms with E-state index in [0.29, 0.717) is 13.0 Å². The summed E-state index contributed by atoms with van der Waals surface area (Å²) in [6.45, 7) is 0.337. The monoisotopic (exact) mass is 248 g/mol. The molecule has 1 saturated heterocycles. The van der Waals surface area contributed by atoms with Gasteiger partial charge in [0.05, 0.1) is 4.92 Å². The molecule has 2 amide bonds. The SMILES string of the molecule is O=C1CCCCN1C(=O)c1ccccc1[N+](=O)[O-]. The van der Waals surface area contributed by atoms with Gasteiger partial charge in [0.1, 0.15) is 5.56 Å². The van der Waals surface area contributed by atoms with Crippen molar-refractivity contribution in [3.8, 4) is 0 Å². The standard InChI is InChI=1S/C12H12N2O4/c15-11-7-3-4-8-13(11)12(16)9-5-1-2-6-10(9)14(17)18/h1-2,5-6H,3-4,7-8H2. The van der Waals surface area contributed by atoms with E-state index in [2.05, 4.69) is 0 Å². The Morgan fingerprint density at radius 2 is 2.00 bits per heavy atom. The van der Waals surface area contributed by atoms with Gasteiger partial charge in [-0.3, -0.25) is 24.6 Å². The van der Waals surface area contributed by atoms with Crippen LogP contribution in [-0.4, -0.2) is 28.2 Å². The topological polar surface area (TPSA) is 80.5 Å². The smallest absolute Gasteiger partial charge is 0.278 e. The first-order chi connectivity index (χ1) is 8.61. The van der Waals surface area contributed by atoms with Crippen molar-refractivity contribution in [1.82, 2.24) is 4.90 Å². The van der Waals surface area contributed by atoms with Crippen molar-refractivity contribution in [3.05, 3.63) is 39.9 Å². The Hall–Kier alpha value is -2.24. The molecule has 0 radical (unpaired) electrons. The van der Waals surface area contributed by atoms with Crippen molar-refractivity contribution in [2.45, 2.75) is 19.3 Å². The number of carbonyl (C=O) groups is 2. The summed E-state index contributed by atoms with van der Waals surface area (Å²) in [6.07, 6.45) is 1.84. The van der Waals surface area contributed by atoms with Crippen LogP contribution in [0.5, 0.6) is 0 Å². The van der Waals surface area contributed by atoms with Crippen LogP contribution < -0.4 is 0 Å². The Kier molecular flexibility index (Phi) is 3.36. The number of likely N-dealkylation sites (tertiary alicyclic amines) is 1. The van der Waals surface area contributed by atoms with Gasteiger partial charge < -0.3 is 0 Å². The van der Waals surface area contributed by atoms with Gasteiger partial charge in [-0.2, -0.15) is 0 Å². The van der Waals surface area contributed by atoms with Crippen LogP contribution in [0.3, 0.4) is 0 Å². The van der Waals surface area contributed by atoms with Gasteiger partial charge in [0.2, 0.25) is 5.91 Å². The van der Waals surface area contributed by atoms with E-state index in [0.717, 1.165) is 17.7 Å². The third-order valence-electron chi connectivity index (χ3n) is 2.90. The number of para-hydroxylation sites is 1. The summed E-state index contributed by atoms with van der Waals surface area (Å²) in [6, 6.07) is 5.69. The summed E-state index contributed by atoms with van der Waals surface area (Å²) in [5, 5.41) is 10.8. The molecule has 1 aliphatic heterocycles. The van der Waals surface area contributed by atoms with Crippen LogP contribution in [0.2, 0.25) is 0 Å². The molecule has 18 heavy (non-hydrogen) atoms. The number of imide groups is 1. The Morgan fingerprint density at radius 1 is 1.28 bits per heavy atom. The molecule has 1 aliphatic rings. The highest BCUT2D eigenvalue weighted by Crippen LogP contribution is 2.21. The van der Waals surface area contributed by atoms with Crippen LogP contribution in [0.4, 0.5) is 5.69 Å². The van der Waals surface area contributed by atoms with Gasteiger partial charge in [-0.1, -0.05) is 12.1 Å². The maximum Gasteiger partial charge on any atom is 0.282 e. The summed E-state index contributed by atoms with van der Waals surface area (Å²) in [5.41, 5.74) is -0.293. The number of benzene rings is 1. The van der Waals surface area contributed by atoms with Gasteiger partial charge in [0.25, 0.3) is 11.6 Å². The van der Waals surface area contributed by atoms with Gasteiger partial charge in [-0.05, 0) is 18.9 Å². The highest BCUT2D eigenvalue weighted by Gasteiger charge is 2.29. The lowest BCUT2D eigenvalue weighted by Gasteiger charge is -2.24. The molecule has 6 nitrogen and oxygen atoms in total. The number of piperidine rings is 1. The fraction of sp³-hybridized carbons (Fsp3) is 0.333. The normalized spacial score (nSPS) is 15.6. The molecule has 2 rings (SSSR count). The number of hydrogen-bond donors (Lipinski definition) is 0. The number of nitrogens with zero attached hydrogens (tertiary/aromatic N) is 2. The molecule has 0 N–H and O–H groups in total. The molecule has 0 bridgehead atoms. The summed E-state index contributed by atoms with van der Waals surface area (Å²) in [4.78, 5) is 35.1. The third kappa shape index (κ3) is 2.22. The number of nitro groups is 1. The maximum absolute atomic E-state index is 12.1. The van der Waals surface area contributed by atoms with Crippen LogP contribution in [0.25, 0.3) is 0 Å². The zero-order valence-corrected chi connectivity index (χ0v) is 9.67. The molecule has 6 heteroatoms. The molecule has 1 fully saturated rings. The Bertz CT molecular complexity index is 513. The fourth-order valence-electron chi connectivity index (χ4n) is 1.98. The van der Waals surface area contributed by atoms with Gasteiger partial charge >= 0.3 is 0 Å². The minimum absolute atomic E-state index is 0.0299. The van der Waals surface area contributed by atoms with Gasteiger partial charge in [-0.15, -0.1) is 0 Å². The van der Waals surface area contributed by atoms with E-state index >= 15 is 0 Å². The highest BCUT2D eigenvalue weighted by molar-refractivity contribution is 6.07. The minimum Gasteiger partial charge on any atom is -0.278 e. The Morgan fingerprint density at radius 3 is 2.67 bits per heavy atom. The summed E-state index contributed by atoms with van der Waals surface area (Å²) < 4.78 is 0. The lowest BCUT2D eigenvalue weighted by atomic mass is 10.1. The second-order valence-electron chi connectivity index (χ2n) is 4.08. The highest BCUT2D eigenvalue weighted by atomic mass is 16.6. The quantitative estimate of drug-likeness (QED) is 0.453. The number of rotatable bonds is 2. The average molecular weight is 248 g/mol. The summed E-state index contributed by atoms with van der Waals surface area (Å²) in [7, 11) is 0. The molecule has 1 heterocycles. The molecule has 0 unspecified atom stereocenters. The molecular weight excluding hydrogens is 236 g/mol. The molecule has 0 spiro atoms. The van der Waals surface area contributed by atoms with E-state index in [1.807, 2.05) is 0 Å². The molecule has 1 aromatic carbocycles. The minimum atomic E-state index is -0.609. The van der Waals surface area contributed by atoms with Crippen molar-refractivity contribution in [3.63, 3.8) is 0 Å². The van der Waals surface area contributed by atoms with Crippen LogP contribution in [0.1, 0.15) is 29.6 Å². The number of carbonyl (C=O) groups excluding carboxylic acids is 2. The van der Waals surface area contributed by atoms with Gasteiger partial charge in [0, 0.05) is 19.0 Å². The number of amides is 2. The van der Waals surface area contributed by atoms with Crippen LogP contribution in [0.15, 0.2) is 24.3 Å². The first-order valence-electron chi connectivity index (χ1n) is 5.69. The van der Waals surface area contributed by atoms with E-state index in [9.17, 15) is 19.7 Å². The van der Waals surface area contributed by atoms with E-state index in [1.54, 1.807) is 6.07 Å². The average Bonchev–Trinajstić information content (AvgIpc) is 2.38. The van der Waals surface area contributed by atoms with Crippen LogP contribution in [0, 0.1) is 10.1 Å². The van der Waals surface area contributed by atoms with Gasteiger partial charge in [0.15, 0.2) is 0 Å². The lowest BCUT2D eigenvalue weighted by Crippen LogP contribution is -2.40. The molecule has 94 valence electrons. The number of hydrogen-bond acceptors (Lipinski definition) is 4. The predicted molar refractivity (Wildman–Crippen MR) is 63.0 cm³/mol. The van der Waals surface area contributed by atoms with Crippen molar-refractivity contribution < 1.29 is 14.5 Å². The lowest BCUT2D eigenvalue weighted by molar-refractivity contribution is -0.385. The van der Waals surface area contributed by atoms with Crippen molar-refractivity contribution in [2.24, 2.45) is 0 Å².